The van der Waals surface area contributed by atoms with Gasteiger partial charge in [-0.05, 0) is 24.1 Å². The zero-order valence-corrected chi connectivity index (χ0v) is 10.3. The Bertz CT molecular complexity index is 451. The molecule has 0 saturated heterocycles. The summed E-state index contributed by atoms with van der Waals surface area (Å²) in [4.78, 5) is 0.157. The molecule has 1 aromatic carbocycles. The first kappa shape index (κ1) is 14.1. The topological polar surface area (TPSA) is 94.8 Å². The van der Waals surface area contributed by atoms with Crippen LogP contribution in [0.2, 0.25) is 0 Å². The van der Waals surface area contributed by atoms with E-state index in [1.807, 2.05) is 0 Å². The molecule has 0 aliphatic heterocycles. The van der Waals surface area contributed by atoms with Crippen molar-refractivity contribution < 1.29 is 23.7 Å². The molecule has 17 heavy (non-hydrogen) atoms. The van der Waals surface area contributed by atoms with Crippen molar-refractivity contribution in [1.29, 1.82) is 0 Å². The van der Waals surface area contributed by atoms with Gasteiger partial charge in [0.05, 0.1) is 11.0 Å². The van der Waals surface area contributed by atoms with Crippen molar-refractivity contribution >= 4 is 9.84 Å². The number of hydrogen-bond acceptors (Lipinski definition) is 5. The molecule has 6 heteroatoms. The van der Waals surface area contributed by atoms with Crippen LogP contribution in [0, 0.1) is 0 Å². The lowest BCUT2D eigenvalue weighted by atomic mass is 10.0. The van der Waals surface area contributed by atoms with Crippen LogP contribution in [0.15, 0.2) is 29.2 Å². The van der Waals surface area contributed by atoms with Crippen LogP contribution in [0.4, 0.5) is 0 Å². The summed E-state index contributed by atoms with van der Waals surface area (Å²) in [6.45, 7) is -0.223. The number of aliphatic hydroxyl groups is 3. The predicted octanol–water partition coefficient (Wildman–Crippen LogP) is -0.133. The highest BCUT2D eigenvalue weighted by atomic mass is 32.2. The van der Waals surface area contributed by atoms with Crippen molar-refractivity contribution in [3.8, 4) is 0 Å². The maximum absolute atomic E-state index is 11.2. The van der Waals surface area contributed by atoms with E-state index in [-0.39, 0.29) is 17.9 Å². The lowest BCUT2D eigenvalue weighted by Crippen LogP contribution is -2.19. The second-order valence-electron chi connectivity index (χ2n) is 3.87. The van der Waals surface area contributed by atoms with Crippen LogP contribution in [0.25, 0.3) is 0 Å². The summed E-state index contributed by atoms with van der Waals surface area (Å²) >= 11 is 0. The minimum atomic E-state index is -3.26. The van der Waals surface area contributed by atoms with Gasteiger partial charge in [-0.15, -0.1) is 0 Å². The molecule has 5 nitrogen and oxygen atoms in total. The fraction of sp³-hybridized carbons (Fsp3) is 0.455. The van der Waals surface area contributed by atoms with E-state index >= 15 is 0 Å². The van der Waals surface area contributed by atoms with Crippen LogP contribution in [-0.4, -0.2) is 42.7 Å². The molecule has 0 aromatic heterocycles. The number of benzene rings is 1. The van der Waals surface area contributed by atoms with Gasteiger partial charge in [0.2, 0.25) is 0 Å². The molecule has 0 aliphatic carbocycles. The Kier molecular flexibility index (Phi) is 4.64. The minimum absolute atomic E-state index is 0.0645. The van der Waals surface area contributed by atoms with Crippen molar-refractivity contribution in [1.82, 2.24) is 0 Å². The summed E-state index contributed by atoms with van der Waals surface area (Å²) in [6, 6.07) is 5.64. The molecule has 0 spiro atoms. The van der Waals surface area contributed by atoms with Crippen LogP contribution < -0.4 is 0 Å². The van der Waals surface area contributed by atoms with E-state index < -0.39 is 22.0 Å². The molecule has 0 heterocycles. The number of aliphatic hydroxyl groups excluding tert-OH is 3. The second kappa shape index (κ2) is 5.59. The van der Waals surface area contributed by atoms with E-state index in [4.69, 9.17) is 5.11 Å². The van der Waals surface area contributed by atoms with Gasteiger partial charge >= 0.3 is 0 Å². The third-order valence-electron chi connectivity index (χ3n) is 2.44. The maximum Gasteiger partial charge on any atom is 0.175 e. The molecule has 2 unspecified atom stereocenters. The average molecular weight is 260 g/mol. The molecule has 2 atom stereocenters. The zero-order valence-electron chi connectivity index (χ0n) is 9.44. The molecular formula is C11H16O5S. The van der Waals surface area contributed by atoms with Crippen molar-refractivity contribution in [2.24, 2.45) is 0 Å². The predicted molar refractivity (Wildman–Crippen MR) is 62.2 cm³/mol. The lowest BCUT2D eigenvalue weighted by Gasteiger charge is -2.17. The van der Waals surface area contributed by atoms with Gasteiger partial charge in [-0.3, -0.25) is 0 Å². The Morgan fingerprint density at radius 1 is 1.18 bits per heavy atom. The van der Waals surface area contributed by atoms with Gasteiger partial charge in [-0.1, -0.05) is 12.1 Å². The molecule has 0 amide bonds. The summed E-state index contributed by atoms with van der Waals surface area (Å²) in [6.07, 6.45) is -1.03. The van der Waals surface area contributed by atoms with E-state index in [1.54, 1.807) is 0 Å². The molecule has 96 valence electrons. The highest BCUT2D eigenvalue weighted by Crippen LogP contribution is 2.20. The Morgan fingerprint density at radius 3 is 2.12 bits per heavy atom. The van der Waals surface area contributed by atoms with Gasteiger partial charge in [0.25, 0.3) is 0 Å². The van der Waals surface area contributed by atoms with Crippen molar-refractivity contribution in [2.75, 3.05) is 12.9 Å². The highest BCUT2D eigenvalue weighted by Gasteiger charge is 2.18. The van der Waals surface area contributed by atoms with Gasteiger partial charge in [-0.25, -0.2) is 8.42 Å². The monoisotopic (exact) mass is 260 g/mol. The zero-order chi connectivity index (χ0) is 13.1. The van der Waals surface area contributed by atoms with Crippen LogP contribution in [-0.2, 0) is 9.84 Å². The van der Waals surface area contributed by atoms with E-state index in [1.165, 1.54) is 24.3 Å². The molecule has 1 rings (SSSR count). The first-order chi connectivity index (χ1) is 7.86. The van der Waals surface area contributed by atoms with Gasteiger partial charge in [-0.2, -0.15) is 0 Å². The smallest absolute Gasteiger partial charge is 0.175 e. The molecular weight excluding hydrogens is 244 g/mol. The van der Waals surface area contributed by atoms with E-state index in [2.05, 4.69) is 0 Å². The minimum Gasteiger partial charge on any atom is -0.396 e. The summed E-state index contributed by atoms with van der Waals surface area (Å²) in [5, 5.41) is 27.8. The third kappa shape index (κ3) is 3.78. The Morgan fingerprint density at radius 2 is 1.71 bits per heavy atom. The largest absolute Gasteiger partial charge is 0.396 e. The molecule has 3 N–H and O–H groups in total. The van der Waals surface area contributed by atoms with Crippen molar-refractivity contribution in [3.63, 3.8) is 0 Å². The van der Waals surface area contributed by atoms with Crippen LogP contribution in [0.5, 0.6) is 0 Å². The van der Waals surface area contributed by atoms with Gasteiger partial charge in [0.15, 0.2) is 9.84 Å². The molecule has 0 aliphatic rings. The highest BCUT2D eigenvalue weighted by molar-refractivity contribution is 7.90. The standard InChI is InChI=1S/C11H16O5S/c1-17(15,16)9-4-2-8(3-5-9)11(14)10(13)6-7-12/h2-5,10-14H,6-7H2,1H3. The normalized spacial score (nSPS) is 15.5. The van der Waals surface area contributed by atoms with E-state index in [0.717, 1.165) is 6.26 Å². The lowest BCUT2D eigenvalue weighted by molar-refractivity contribution is 0.00419. The van der Waals surface area contributed by atoms with Crippen molar-refractivity contribution in [3.05, 3.63) is 29.8 Å². The molecule has 0 bridgehead atoms. The third-order valence-corrected chi connectivity index (χ3v) is 3.57. The SMILES string of the molecule is CS(=O)(=O)c1ccc(C(O)C(O)CCO)cc1. The number of rotatable bonds is 5. The fourth-order valence-corrected chi connectivity index (χ4v) is 2.05. The maximum atomic E-state index is 11.2. The van der Waals surface area contributed by atoms with Gasteiger partial charge in [0, 0.05) is 12.9 Å². The first-order valence-electron chi connectivity index (χ1n) is 5.13. The number of hydrogen-bond donors (Lipinski definition) is 3. The van der Waals surface area contributed by atoms with Gasteiger partial charge < -0.3 is 15.3 Å². The van der Waals surface area contributed by atoms with E-state index in [0.29, 0.717) is 5.56 Å². The average Bonchev–Trinajstić information content (AvgIpc) is 2.27. The number of sulfone groups is 1. The summed E-state index contributed by atoms with van der Waals surface area (Å²) in [7, 11) is -3.26. The first-order valence-corrected chi connectivity index (χ1v) is 7.02. The Labute approximate surface area is 100 Å². The van der Waals surface area contributed by atoms with Crippen molar-refractivity contribution in [2.45, 2.75) is 23.5 Å². The molecule has 0 fully saturated rings. The Hall–Kier alpha value is -0.950. The van der Waals surface area contributed by atoms with Gasteiger partial charge in [0.1, 0.15) is 6.10 Å². The summed E-state index contributed by atoms with van der Waals surface area (Å²) in [5.74, 6) is 0. The second-order valence-corrected chi connectivity index (χ2v) is 5.88. The Balaban J connectivity index is 2.88. The van der Waals surface area contributed by atoms with E-state index in [9.17, 15) is 18.6 Å². The summed E-state index contributed by atoms with van der Waals surface area (Å²) < 4.78 is 22.4. The van der Waals surface area contributed by atoms with Crippen LogP contribution >= 0.6 is 0 Å². The molecule has 0 saturated carbocycles. The fourth-order valence-electron chi connectivity index (χ4n) is 1.42. The molecule has 1 aromatic rings. The molecule has 0 radical (unpaired) electrons. The quantitative estimate of drug-likeness (QED) is 0.685. The van der Waals surface area contributed by atoms with Crippen LogP contribution in [0.1, 0.15) is 18.1 Å². The summed E-state index contributed by atoms with van der Waals surface area (Å²) in [5.41, 5.74) is 0.415. The van der Waals surface area contributed by atoms with Crippen LogP contribution in [0.3, 0.4) is 0 Å².